The normalized spacial score (nSPS) is 16.9. The second-order valence-electron chi connectivity index (χ2n) is 10.1. The maximum Gasteiger partial charge on any atom is 0.161 e. The summed E-state index contributed by atoms with van der Waals surface area (Å²) in [5.74, 6) is 2.07. The lowest BCUT2D eigenvalue weighted by Gasteiger charge is -2.40. The summed E-state index contributed by atoms with van der Waals surface area (Å²) in [4.78, 5) is 15.4. The molecule has 1 heterocycles. The minimum atomic E-state index is -0.539. The van der Waals surface area contributed by atoms with E-state index >= 15 is 0 Å². The van der Waals surface area contributed by atoms with Crippen molar-refractivity contribution in [2.24, 2.45) is 5.73 Å². The van der Waals surface area contributed by atoms with Crippen LogP contribution in [0.15, 0.2) is 83.3 Å². The summed E-state index contributed by atoms with van der Waals surface area (Å²) in [6, 6.07) is 21.5. The molecule has 1 unspecified atom stereocenters. The molecule has 0 fully saturated rings. The van der Waals surface area contributed by atoms with Crippen LogP contribution in [0.5, 0.6) is 17.2 Å². The maximum atomic E-state index is 13.6. The van der Waals surface area contributed by atoms with Crippen molar-refractivity contribution >= 4 is 11.5 Å². The molecule has 1 aliphatic carbocycles. The molecule has 0 radical (unpaired) electrons. The smallest absolute Gasteiger partial charge is 0.161 e. The molecule has 204 valence electrons. The van der Waals surface area contributed by atoms with Crippen LogP contribution in [0.2, 0.25) is 0 Å². The van der Waals surface area contributed by atoms with Crippen molar-refractivity contribution in [3.63, 3.8) is 0 Å². The van der Waals surface area contributed by atoms with Gasteiger partial charge in [-0.3, -0.25) is 9.69 Å². The Balaban J connectivity index is 1.58. The van der Waals surface area contributed by atoms with Gasteiger partial charge >= 0.3 is 0 Å². The molecular weight excluding hydrogens is 502 g/mol. The van der Waals surface area contributed by atoms with E-state index in [0.29, 0.717) is 36.4 Å². The summed E-state index contributed by atoms with van der Waals surface area (Å²) >= 11 is 0. The minimum absolute atomic E-state index is 0.0565. The van der Waals surface area contributed by atoms with Crippen molar-refractivity contribution in [3.05, 3.63) is 106 Å². The Labute approximate surface area is 235 Å². The monoisotopic (exact) mass is 535 g/mol. The van der Waals surface area contributed by atoms with Crippen molar-refractivity contribution in [2.75, 3.05) is 19.1 Å². The van der Waals surface area contributed by atoms with E-state index in [0.717, 1.165) is 57.3 Å². The molecule has 7 nitrogen and oxygen atoms in total. The maximum absolute atomic E-state index is 13.6. The zero-order chi connectivity index (χ0) is 28.4. The van der Waals surface area contributed by atoms with Crippen LogP contribution in [0.3, 0.4) is 0 Å². The molecule has 1 atom stereocenters. The molecule has 1 aliphatic heterocycles. The van der Waals surface area contributed by atoms with Crippen molar-refractivity contribution in [1.82, 2.24) is 0 Å². The molecule has 0 bridgehead atoms. The fourth-order valence-electron chi connectivity index (χ4n) is 5.64. The lowest BCUT2D eigenvalue weighted by atomic mass is 9.74. The molecule has 2 aliphatic rings. The summed E-state index contributed by atoms with van der Waals surface area (Å²) in [7, 11) is 3.24. The van der Waals surface area contributed by atoms with Crippen molar-refractivity contribution in [1.29, 1.82) is 5.26 Å². The van der Waals surface area contributed by atoms with Crippen molar-refractivity contribution in [2.45, 2.75) is 45.6 Å². The second-order valence-corrected chi connectivity index (χ2v) is 10.1. The van der Waals surface area contributed by atoms with E-state index < -0.39 is 5.92 Å². The van der Waals surface area contributed by atoms with Gasteiger partial charge in [0.05, 0.1) is 31.8 Å². The van der Waals surface area contributed by atoms with Crippen LogP contribution in [0, 0.1) is 25.2 Å². The molecule has 3 aromatic rings. The molecule has 5 rings (SSSR count). The molecule has 0 amide bonds. The average Bonchev–Trinajstić information content (AvgIpc) is 2.97. The predicted molar refractivity (Wildman–Crippen MR) is 154 cm³/mol. The Morgan fingerprint density at radius 1 is 0.925 bits per heavy atom. The second kappa shape index (κ2) is 11.2. The first-order valence-electron chi connectivity index (χ1n) is 13.3. The number of allylic oxidation sites excluding steroid dienone is 3. The number of methoxy groups -OCH3 is 2. The Hall–Kier alpha value is -4.70. The van der Waals surface area contributed by atoms with Crippen LogP contribution < -0.4 is 24.8 Å². The van der Waals surface area contributed by atoms with Gasteiger partial charge in [-0.2, -0.15) is 5.26 Å². The number of Topliss-reactive ketones (excluding diaryl/α,β-unsaturated/α-hetero) is 1. The van der Waals surface area contributed by atoms with Crippen LogP contribution >= 0.6 is 0 Å². The summed E-state index contributed by atoms with van der Waals surface area (Å²) in [6.07, 6.45) is 1.88. The SMILES string of the molecule is COc1ccc(OCc2cc(C3C(C#N)=C(N)N(c4ccc(OC)cc4)C4=C3C(=O)CCC4)c(C)cc2C)cc1. The zero-order valence-electron chi connectivity index (χ0n) is 23.3. The summed E-state index contributed by atoms with van der Waals surface area (Å²) in [6.45, 7) is 4.41. The van der Waals surface area contributed by atoms with E-state index in [-0.39, 0.29) is 5.78 Å². The molecular formula is C33H33N3O4. The topological polar surface area (TPSA) is 97.8 Å². The van der Waals surface area contributed by atoms with E-state index in [1.54, 1.807) is 14.2 Å². The van der Waals surface area contributed by atoms with Gasteiger partial charge in [-0.05, 0) is 97.5 Å². The van der Waals surface area contributed by atoms with Crippen LogP contribution in [0.1, 0.15) is 47.4 Å². The Bertz CT molecular complexity index is 1550. The summed E-state index contributed by atoms with van der Waals surface area (Å²) in [5.41, 5.74) is 13.4. The van der Waals surface area contributed by atoms with E-state index in [1.807, 2.05) is 67.3 Å². The van der Waals surface area contributed by atoms with Gasteiger partial charge in [0, 0.05) is 23.4 Å². The van der Waals surface area contributed by atoms with Gasteiger partial charge in [0.2, 0.25) is 0 Å². The number of ketones is 1. The number of nitrogens with two attached hydrogens (primary N) is 1. The number of benzene rings is 3. The Kier molecular flexibility index (Phi) is 7.52. The van der Waals surface area contributed by atoms with Gasteiger partial charge in [-0.15, -0.1) is 0 Å². The number of rotatable bonds is 7. The highest BCUT2D eigenvalue weighted by Crippen LogP contribution is 2.47. The number of carbonyl (C=O) groups excluding carboxylic acids is 1. The highest BCUT2D eigenvalue weighted by Gasteiger charge is 2.41. The van der Waals surface area contributed by atoms with Gasteiger partial charge < -0.3 is 19.9 Å². The first-order chi connectivity index (χ1) is 19.4. The lowest BCUT2D eigenvalue weighted by Crippen LogP contribution is -2.38. The van der Waals surface area contributed by atoms with Gasteiger partial charge in [-0.1, -0.05) is 12.1 Å². The van der Waals surface area contributed by atoms with E-state index in [9.17, 15) is 10.1 Å². The molecule has 3 aromatic carbocycles. The number of hydrogen-bond donors (Lipinski definition) is 1. The van der Waals surface area contributed by atoms with E-state index in [4.69, 9.17) is 19.9 Å². The summed E-state index contributed by atoms with van der Waals surface area (Å²) < 4.78 is 16.7. The third kappa shape index (κ3) is 4.89. The molecule has 40 heavy (non-hydrogen) atoms. The first kappa shape index (κ1) is 26.9. The lowest BCUT2D eigenvalue weighted by molar-refractivity contribution is -0.116. The van der Waals surface area contributed by atoms with E-state index in [1.165, 1.54) is 0 Å². The predicted octanol–water partition coefficient (Wildman–Crippen LogP) is 6.20. The van der Waals surface area contributed by atoms with Gasteiger partial charge in [0.1, 0.15) is 29.7 Å². The highest BCUT2D eigenvalue weighted by molar-refractivity contribution is 6.01. The third-order valence-corrected chi connectivity index (χ3v) is 7.73. The first-order valence-corrected chi connectivity index (χ1v) is 13.3. The highest BCUT2D eigenvalue weighted by atomic mass is 16.5. The molecule has 2 N–H and O–H groups in total. The van der Waals surface area contributed by atoms with Crippen LogP contribution in [-0.2, 0) is 11.4 Å². The van der Waals surface area contributed by atoms with Crippen LogP contribution in [0.4, 0.5) is 5.69 Å². The fraction of sp³-hybridized carbons (Fsp3) is 0.273. The standard InChI is InChI=1S/C33H33N3O4/c1-20-16-21(2)27(17-22(20)19-40-26-14-12-25(39-4)13-15-26)31-28(18-34)33(35)36(23-8-10-24(38-3)11-9-23)29-6-5-7-30(37)32(29)31/h8-17,31H,5-7,19,35H2,1-4H3. The largest absolute Gasteiger partial charge is 0.497 e. The molecule has 7 heteroatoms. The number of nitrogens with zero attached hydrogens (tertiary/aromatic N) is 2. The van der Waals surface area contributed by atoms with Gasteiger partial charge in [0.15, 0.2) is 5.78 Å². The van der Waals surface area contributed by atoms with Crippen LogP contribution in [0.25, 0.3) is 0 Å². The summed E-state index contributed by atoms with van der Waals surface area (Å²) in [5, 5.41) is 10.4. The zero-order valence-corrected chi connectivity index (χ0v) is 23.3. The third-order valence-electron chi connectivity index (χ3n) is 7.73. The molecule has 0 saturated carbocycles. The number of anilines is 1. The quantitative estimate of drug-likeness (QED) is 0.384. The number of hydrogen-bond acceptors (Lipinski definition) is 7. The van der Waals surface area contributed by atoms with Crippen molar-refractivity contribution < 1.29 is 19.0 Å². The van der Waals surface area contributed by atoms with Crippen molar-refractivity contribution in [3.8, 4) is 23.3 Å². The number of aryl methyl sites for hydroxylation is 2. The number of ether oxygens (including phenoxy) is 3. The Morgan fingerprint density at radius 2 is 1.55 bits per heavy atom. The van der Waals surface area contributed by atoms with Gasteiger partial charge in [-0.25, -0.2) is 0 Å². The van der Waals surface area contributed by atoms with E-state index in [2.05, 4.69) is 18.2 Å². The minimum Gasteiger partial charge on any atom is -0.497 e. The van der Waals surface area contributed by atoms with Gasteiger partial charge in [0.25, 0.3) is 0 Å². The molecule has 0 spiro atoms. The number of carbonyl (C=O) groups is 1. The fourth-order valence-corrected chi connectivity index (χ4v) is 5.64. The molecule has 0 aromatic heterocycles. The number of nitriles is 1. The van der Waals surface area contributed by atoms with Crippen LogP contribution in [-0.4, -0.2) is 20.0 Å². The molecule has 0 saturated heterocycles. The average molecular weight is 536 g/mol. The Morgan fingerprint density at radius 3 is 2.17 bits per heavy atom.